The van der Waals surface area contributed by atoms with Crippen molar-refractivity contribution in [2.24, 2.45) is 0 Å². The van der Waals surface area contributed by atoms with Crippen LogP contribution in [0, 0.1) is 0 Å². The molecule has 0 saturated carbocycles. The SMILES string of the molecule is CC(=O)NCC(C)(C)SS. The molecule has 0 bridgehead atoms. The standard InChI is InChI=1S/C6H13NOS2/c1-5(8)7-4-6(2,3)10-9/h9H,4H2,1-3H3,(H,7,8). The second-order valence-corrected chi connectivity index (χ2v) is 4.60. The number of amides is 1. The lowest BCUT2D eigenvalue weighted by Crippen LogP contribution is -2.34. The molecule has 0 aromatic carbocycles. The Balaban J connectivity index is 3.56. The first kappa shape index (κ1) is 10.2. The zero-order valence-electron chi connectivity index (χ0n) is 6.47. The maximum absolute atomic E-state index is 10.5. The number of thiol groups is 1. The van der Waals surface area contributed by atoms with E-state index in [1.54, 1.807) is 0 Å². The summed E-state index contributed by atoms with van der Waals surface area (Å²) in [5, 5.41) is 2.73. The van der Waals surface area contributed by atoms with Gasteiger partial charge < -0.3 is 5.32 Å². The molecule has 0 aliphatic rings. The highest BCUT2D eigenvalue weighted by atomic mass is 33.1. The van der Waals surface area contributed by atoms with Gasteiger partial charge in [0.25, 0.3) is 0 Å². The van der Waals surface area contributed by atoms with E-state index in [0.29, 0.717) is 6.54 Å². The Kier molecular flexibility index (Phi) is 4.20. The molecule has 0 aliphatic heterocycles. The van der Waals surface area contributed by atoms with E-state index in [1.807, 2.05) is 13.8 Å². The molecule has 0 saturated heterocycles. The summed E-state index contributed by atoms with van der Waals surface area (Å²) in [4.78, 5) is 10.5. The normalized spacial score (nSPS) is 11.2. The van der Waals surface area contributed by atoms with E-state index in [0.717, 1.165) is 0 Å². The monoisotopic (exact) mass is 179 g/mol. The Hall–Kier alpha value is 0.170. The largest absolute Gasteiger partial charge is 0.355 e. The molecular weight excluding hydrogens is 166 g/mol. The lowest BCUT2D eigenvalue weighted by Gasteiger charge is -2.20. The van der Waals surface area contributed by atoms with Gasteiger partial charge in [-0.3, -0.25) is 4.79 Å². The Morgan fingerprint density at radius 1 is 1.70 bits per heavy atom. The molecule has 0 unspecified atom stereocenters. The molecule has 1 amide bonds. The third kappa shape index (κ3) is 4.99. The molecule has 0 spiro atoms. The fraction of sp³-hybridized carbons (Fsp3) is 0.833. The van der Waals surface area contributed by atoms with Gasteiger partial charge in [0.1, 0.15) is 0 Å². The molecule has 0 aromatic rings. The van der Waals surface area contributed by atoms with Crippen molar-refractivity contribution in [3.05, 3.63) is 0 Å². The maximum atomic E-state index is 10.5. The third-order valence-electron chi connectivity index (χ3n) is 1.01. The molecule has 2 nitrogen and oxygen atoms in total. The van der Waals surface area contributed by atoms with Crippen LogP contribution in [0.15, 0.2) is 0 Å². The van der Waals surface area contributed by atoms with Crippen molar-refractivity contribution in [3.63, 3.8) is 0 Å². The van der Waals surface area contributed by atoms with Crippen LogP contribution in [0.1, 0.15) is 20.8 Å². The molecular formula is C6H13NOS2. The van der Waals surface area contributed by atoms with Crippen LogP contribution in [0.4, 0.5) is 0 Å². The molecule has 10 heavy (non-hydrogen) atoms. The van der Waals surface area contributed by atoms with Crippen LogP contribution in [0.25, 0.3) is 0 Å². The van der Waals surface area contributed by atoms with Gasteiger partial charge in [0, 0.05) is 18.2 Å². The zero-order chi connectivity index (χ0) is 8.20. The molecule has 0 aromatic heterocycles. The summed E-state index contributed by atoms with van der Waals surface area (Å²) < 4.78 is 0.0226. The summed E-state index contributed by atoms with van der Waals surface area (Å²) in [5.41, 5.74) is 0. The smallest absolute Gasteiger partial charge is 0.216 e. The molecule has 1 N–H and O–H groups in total. The van der Waals surface area contributed by atoms with Crippen LogP contribution >= 0.6 is 22.5 Å². The van der Waals surface area contributed by atoms with Crippen molar-refractivity contribution >= 4 is 28.4 Å². The van der Waals surface area contributed by atoms with Crippen LogP contribution in [0.5, 0.6) is 0 Å². The van der Waals surface area contributed by atoms with Gasteiger partial charge in [0.2, 0.25) is 5.91 Å². The average Bonchev–Trinajstić information content (AvgIpc) is 1.85. The summed E-state index contributed by atoms with van der Waals surface area (Å²) in [5.74, 6) is 0.00968. The van der Waals surface area contributed by atoms with Crippen molar-refractivity contribution in [2.45, 2.75) is 25.5 Å². The number of rotatable bonds is 3. The molecule has 0 rings (SSSR count). The fourth-order valence-electron chi connectivity index (χ4n) is 0.370. The van der Waals surface area contributed by atoms with Crippen LogP contribution in [-0.2, 0) is 4.79 Å². The Bertz CT molecular complexity index is 125. The molecule has 0 aliphatic carbocycles. The van der Waals surface area contributed by atoms with E-state index >= 15 is 0 Å². The lowest BCUT2D eigenvalue weighted by atomic mass is 10.2. The summed E-state index contributed by atoms with van der Waals surface area (Å²) in [6.45, 7) is 6.23. The number of hydrogen-bond acceptors (Lipinski definition) is 3. The zero-order valence-corrected chi connectivity index (χ0v) is 8.18. The van der Waals surface area contributed by atoms with Crippen LogP contribution in [-0.4, -0.2) is 17.2 Å². The molecule has 0 fully saturated rings. The highest BCUT2D eigenvalue weighted by molar-refractivity contribution is 8.69. The Morgan fingerprint density at radius 2 is 2.20 bits per heavy atom. The first-order valence-corrected chi connectivity index (χ1v) is 4.92. The number of carbonyl (C=O) groups excluding carboxylic acids is 1. The topological polar surface area (TPSA) is 29.1 Å². The maximum Gasteiger partial charge on any atom is 0.216 e. The number of hydrogen-bond donors (Lipinski definition) is 2. The summed E-state index contributed by atoms with van der Waals surface area (Å²) in [7, 11) is 1.45. The first-order valence-electron chi connectivity index (χ1n) is 3.05. The Morgan fingerprint density at radius 3 is 2.50 bits per heavy atom. The minimum absolute atomic E-state index is 0.00968. The van der Waals surface area contributed by atoms with E-state index in [4.69, 9.17) is 0 Å². The average molecular weight is 179 g/mol. The fourth-order valence-corrected chi connectivity index (χ4v) is 0.700. The quantitative estimate of drug-likeness (QED) is 0.507. The number of carbonyl (C=O) groups is 1. The van der Waals surface area contributed by atoms with Gasteiger partial charge in [-0.2, -0.15) is 0 Å². The van der Waals surface area contributed by atoms with Gasteiger partial charge >= 0.3 is 0 Å². The van der Waals surface area contributed by atoms with E-state index in [2.05, 4.69) is 17.0 Å². The van der Waals surface area contributed by atoms with Crippen LogP contribution in [0.2, 0.25) is 0 Å². The van der Waals surface area contributed by atoms with Gasteiger partial charge in [0.05, 0.1) is 0 Å². The summed E-state index contributed by atoms with van der Waals surface area (Å²) in [6, 6.07) is 0. The minimum Gasteiger partial charge on any atom is -0.355 e. The molecule has 60 valence electrons. The minimum atomic E-state index is 0.00968. The lowest BCUT2D eigenvalue weighted by molar-refractivity contribution is -0.119. The molecule has 4 heteroatoms. The molecule has 0 heterocycles. The predicted octanol–water partition coefficient (Wildman–Crippen LogP) is 1.48. The van der Waals surface area contributed by atoms with Gasteiger partial charge in [-0.25, -0.2) is 0 Å². The third-order valence-corrected chi connectivity index (χ3v) is 3.13. The number of nitrogens with one attached hydrogen (secondary N) is 1. The van der Waals surface area contributed by atoms with Gasteiger partial charge in [0.15, 0.2) is 0 Å². The second kappa shape index (κ2) is 4.13. The van der Waals surface area contributed by atoms with Crippen molar-refractivity contribution in [3.8, 4) is 0 Å². The van der Waals surface area contributed by atoms with Crippen LogP contribution in [0.3, 0.4) is 0 Å². The predicted molar refractivity (Wildman–Crippen MR) is 49.3 cm³/mol. The molecule has 0 atom stereocenters. The van der Waals surface area contributed by atoms with Crippen molar-refractivity contribution in [1.82, 2.24) is 5.32 Å². The summed E-state index contributed by atoms with van der Waals surface area (Å²) in [6.07, 6.45) is 0. The first-order chi connectivity index (χ1) is 4.48. The van der Waals surface area contributed by atoms with Crippen molar-refractivity contribution < 1.29 is 4.79 Å². The summed E-state index contributed by atoms with van der Waals surface area (Å²) >= 11 is 4.07. The van der Waals surface area contributed by atoms with Crippen molar-refractivity contribution in [1.29, 1.82) is 0 Å². The van der Waals surface area contributed by atoms with E-state index in [1.165, 1.54) is 17.7 Å². The Labute approximate surface area is 71.0 Å². The van der Waals surface area contributed by atoms with E-state index < -0.39 is 0 Å². The van der Waals surface area contributed by atoms with Crippen molar-refractivity contribution in [2.75, 3.05) is 6.54 Å². The van der Waals surface area contributed by atoms with E-state index in [9.17, 15) is 4.79 Å². The van der Waals surface area contributed by atoms with Gasteiger partial charge in [-0.1, -0.05) is 10.8 Å². The van der Waals surface area contributed by atoms with E-state index in [-0.39, 0.29) is 10.7 Å². The molecule has 0 radical (unpaired) electrons. The van der Waals surface area contributed by atoms with Crippen LogP contribution < -0.4 is 5.32 Å². The van der Waals surface area contributed by atoms with Gasteiger partial charge in [-0.05, 0) is 13.8 Å². The highest BCUT2D eigenvalue weighted by Gasteiger charge is 2.16. The highest BCUT2D eigenvalue weighted by Crippen LogP contribution is 2.26. The van der Waals surface area contributed by atoms with Gasteiger partial charge in [-0.15, -0.1) is 11.7 Å². The second-order valence-electron chi connectivity index (χ2n) is 2.76.